The molecule has 0 heterocycles. The van der Waals surface area contributed by atoms with Crippen molar-refractivity contribution in [1.82, 2.24) is 4.90 Å². The van der Waals surface area contributed by atoms with Gasteiger partial charge in [-0.2, -0.15) is 0 Å². The molecule has 7 atom stereocenters. The van der Waals surface area contributed by atoms with E-state index in [4.69, 9.17) is 4.74 Å². The van der Waals surface area contributed by atoms with Gasteiger partial charge < -0.3 is 19.8 Å². The standard InChI is InChI=1S/C34H48FNO3/c1-4-39-27-12-9-23(10-13-27)17-19-36(3)18-7-5-6-8-24-20-25-21-26(37)11-14-28(25)33-30(35)22-34(2)29(32(24)33)15-16-31(34)38/h9-14,21,24,29-33,37-38H,4-8,15-20,22H2,1-3H3/t24-,29+,30+,31+,32+,33+,34+/m1/s1. The van der Waals surface area contributed by atoms with Crippen LogP contribution in [-0.4, -0.2) is 54.1 Å². The van der Waals surface area contributed by atoms with Crippen molar-refractivity contribution in [1.29, 1.82) is 0 Å². The number of unbranched alkanes of at least 4 members (excludes halogenated alkanes) is 2. The molecular formula is C34H48FNO3. The minimum Gasteiger partial charge on any atom is -0.508 e. The quantitative estimate of drug-likeness (QED) is 0.306. The molecule has 0 aliphatic heterocycles. The van der Waals surface area contributed by atoms with E-state index in [0.29, 0.717) is 24.9 Å². The molecule has 2 saturated carbocycles. The molecule has 2 N–H and O–H groups in total. The maximum absolute atomic E-state index is 15.9. The van der Waals surface area contributed by atoms with Crippen LogP contribution in [0.4, 0.5) is 4.39 Å². The summed E-state index contributed by atoms with van der Waals surface area (Å²) in [5.74, 6) is 2.19. The van der Waals surface area contributed by atoms with Gasteiger partial charge in [0.05, 0.1) is 12.7 Å². The third-order valence-corrected chi connectivity index (χ3v) is 10.4. The monoisotopic (exact) mass is 537 g/mol. The SMILES string of the molecule is CCOc1ccc(CCN(C)CCCCC[C@@H]2Cc3cc(O)ccc3[C@@H]3[C@@H]2[C@@H]2CC[C@H](O)[C@@]2(C)C[C@@H]3F)cc1. The molecule has 5 heteroatoms. The van der Waals surface area contributed by atoms with E-state index in [-0.39, 0.29) is 29.1 Å². The Hall–Kier alpha value is -2.11. The summed E-state index contributed by atoms with van der Waals surface area (Å²) in [6.45, 7) is 6.97. The number of phenols is 1. The van der Waals surface area contributed by atoms with E-state index in [0.717, 1.165) is 68.5 Å². The van der Waals surface area contributed by atoms with E-state index in [2.05, 4.69) is 43.1 Å². The van der Waals surface area contributed by atoms with Crippen LogP contribution in [0.25, 0.3) is 0 Å². The number of nitrogens with zero attached hydrogens (tertiary/aromatic N) is 1. The Labute approximate surface area is 234 Å². The molecule has 4 nitrogen and oxygen atoms in total. The third kappa shape index (κ3) is 6.00. The fraction of sp³-hybridized carbons (Fsp3) is 0.647. The number of hydrogen-bond acceptors (Lipinski definition) is 4. The Morgan fingerprint density at radius 2 is 1.85 bits per heavy atom. The fourth-order valence-corrected chi connectivity index (χ4v) is 8.35. The number of rotatable bonds is 11. The van der Waals surface area contributed by atoms with Gasteiger partial charge >= 0.3 is 0 Å². The van der Waals surface area contributed by atoms with E-state index in [1.54, 1.807) is 6.07 Å². The Morgan fingerprint density at radius 1 is 1.05 bits per heavy atom. The van der Waals surface area contributed by atoms with Crippen LogP contribution in [0.15, 0.2) is 42.5 Å². The number of aliphatic hydroxyl groups excluding tert-OH is 1. The largest absolute Gasteiger partial charge is 0.508 e. The topological polar surface area (TPSA) is 52.9 Å². The van der Waals surface area contributed by atoms with E-state index in [1.165, 1.54) is 18.4 Å². The second kappa shape index (κ2) is 12.2. The Morgan fingerprint density at radius 3 is 2.62 bits per heavy atom. The highest BCUT2D eigenvalue weighted by atomic mass is 19.1. The lowest BCUT2D eigenvalue weighted by atomic mass is 9.51. The highest BCUT2D eigenvalue weighted by molar-refractivity contribution is 5.41. The van der Waals surface area contributed by atoms with E-state index >= 15 is 4.39 Å². The van der Waals surface area contributed by atoms with Crippen molar-refractivity contribution in [2.75, 3.05) is 26.7 Å². The van der Waals surface area contributed by atoms with Gasteiger partial charge in [-0.05, 0) is 130 Å². The fourth-order valence-electron chi connectivity index (χ4n) is 8.35. The minimum atomic E-state index is -0.931. The van der Waals surface area contributed by atoms with Gasteiger partial charge in [0.15, 0.2) is 0 Å². The van der Waals surface area contributed by atoms with Crippen LogP contribution in [0.1, 0.15) is 81.4 Å². The first kappa shape index (κ1) is 28.4. The van der Waals surface area contributed by atoms with Crippen molar-refractivity contribution >= 4 is 0 Å². The van der Waals surface area contributed by atoms with Crippen LogP contribution in [0.2, 0.25) is 0 Å². The number of likely N-dealkylation sites (N-methyl/N-ethyl adjacent to an activating group) is 1. The van der Waals surface area contributed by atoms with Crippen LogP contribution in [-0.2, 0) is 12.8 Å². The van der Waals surface area contributed by atoms with Crippen molar-refractivity contribution in [3.63, 3.8) is 0 Å². The van der Waals surface area contributed by atoms with Gasteiger partial charge in [0.2, 0.25) is 0 Å². The van der Waals surface area contributed by atoms with Crippen molar-refractivity contribution in [2.24, 2.45) is 23.2 Å². The maximum Gasteiger partial charge on any atom is 0.119 e. The molecule has 5 rings (SSSR count). The van der Waals surface area contributed by atoms with E-state index in [1.807, 2.05) is 19.1 Å². The first-order valence-electron chi connectivity index (χ1n) is 15.3. The first-order chi connectivity index (χ1) is 18.8. The average Bonchev–Trinajstić information content (AvgIpc) is 3.21. The molecule has 3 aliphatic carbocycles. The molecule has 39 heavy (non-hydrogen) atoms. The molecule has 0 unspecified atom stereocenters. The molecule has 214 valence electrons. The van der Waals surface area contributed by atoms with Crippen molar-refractivity contribution in [2.45, 2.75) is 89.8 Å². The second-order valence-electron chi connectivity index (χ2n) is 12.9. The number of hydrogen-bond donors (Lipinski definition) is 2. The zero-order valence-corrected chi connectivity index (χ0v) is 24.1. The summed E-state index contributed by atoms with van der Waals surface area (Å²) in [6.07, 6.45) is 7.50. The van der Waals surface area contributed by atoms with Crippen LogP contribution < -0.4 is 4.74 Å². The predicted octanol–water partition coefficient (Wildman–Crippen LogP) is 6.92. The molecule has 0 radical (unpaired) electrons. The van der Waals surface area contributed by atoms with Gasteiger partial charge in [-0.15, -0.1) is 0 Å². The summed E-state index contributed by atoms with van der Waals surface area (Å²) in [6, 6.07) is 14.0. The molecule has 0 spiro atoms. The van der Waals surface area contributed by atoms with Gasteiger partial charge in [0.25, 0.3) is 0 Å². The van der Waals surface area contributed by atoms with Crippen LogP contribution >= 0.6 is 0 Å². The summed E-state index contributed by atoms with van der Waals surface area (Å²) >= 11 is 0. The van der Waals surface area contributed by atoms with Crippen molar-refractivity contribution in [3.05, 3.63) is 59.2 Å². The van der Waals surface area contributed by atoms with Gasteiger partial charge in [0.1, 0.15) is 17.7 Å². The van der Waals surface area contributed by atoms with Gasteiger partial charge in [-0.1, -0.05) is 38.0 Å². The smallest absolute Gasteiger partial charge is 0.119 e. The Bertz CT molecular complexity index is 1090. The van der Waals surface area contributed by atoms with Crippen molar-refractivity contribution in [3.8, 4) is 11.5 Å². The minimum absolute atomic E-state index is 0.101. The number of halogens is 1. The number of aromatic hydroxyl groups is 1. The molecule has 0 bridgehead atoms. The molecule has 0 aromatic heterocycles. The van der Waals surface area contributed by atoms with Gasteiger partial charge in [-0.3, -0.25) is 0 Å². The molecule has 2 aromatic rings. The maximum atomic E-state index is 15.9. The Kier molecular flexibility index (Phi) is 8.88. The average molecular weight is 538 g/mol. The number of phenolic OH excluding ortho intramolecular Hbond substituents is 1. The first-order valence-corrected chi connectivity index (χ1v) is 15.3. The normalized spacial score (nSPS) is 31.5. The number of aliphatic hydroxyl groups is 1. The number of alkyl halides is 1. The molecule has 2 fully saturated rings. The van der Waals surface area contributed by atoms with E-state index < -0.39 is 6.17 Å². The third-order valence-electron chi connectivity index (χ3n) is 10.4. The van der Waals surface area contributed by atoms with Gasteiger partial charge in [-0.25, -0.2) is 4.39 Å². The van der Waals surface area contributed by atoms with Crippen LogP contribution in [0, 0.1) is 23.2 Å². The van der Waals surface area contributed by atoms with Crippen LogP contribution in [0.5, 0.6) is 11.5 Å². The Balaban J connectivity index is 1.15. The highest BCUT2D eigenvalue weighted by Crippen LogP contribution is 2.63. The zero-order chi connectivity index (χ0) is 27.6. The second-order valence-corrected chi connectivity index (χ2v) is 12.9. The van der Waals surface area contributed by atoms with Gasteiger partial charge in [0, 0.05) is 12.5 Å². The summed E-state index contributed by atoms with van der Waals surface area (Å²) < 4.78 is 21.5. The number of benzene rings is 2. The highest BCUT2D eigenvalue weighted by Gasteiger charge is 2.59. The predicted molar refractivity (Wildman–Crippen MR) is 155 cm³/mol. The lowest BCUT2D eigenvalue weighted by Crippen LogP contribution is -2.51. The summed E-state index contributed by atoms with van der Waals surface area (Å²) in [4.78, 5) is 2.42. The molecule has 0 saturated heterocycles. The lowest BCUT2D eigenvalue weighted by molar-refractivity contribution is -0.0722. The molecule has 2 aromatic carbocycles. The molecule has 0 amide bonds. The molecular weight excluding hydrogens is 489 g/mol. The van der Waals surface area contributed by atoms with Crippen molar-refractivity contribution < 1.29 is 19.3 Å². The van der Waals surface area contributed by atoms with Crippen LogP contribution in [0.3, 0.4) is 0 Å². The summed E-state index contributed by atoms with van der Waals surface area (Å²) in [5, 5.41) is 21.0. The zero-order valence-electron chi connectivity index (χ0n) is 24.1. The number of fused-ring (bicyclic) bond motifs is 5. The molecule has 3 aliphatic rings. The van der Waals surface area contributed by atoms with E-state index in [9.17, 15) is 10.2 Å². The number of ether oxygens (including phenoxy) is 1. The summed E-state index contributed by atoms with van der Waals surface area (Å²) in [5.41, 5.74) is 3.28. The summed E-state index contributed by atoms with van der Waals surface area (Å²) in [7, 11) is 2.21. The lowest BCUT2D eigenvalue weighted by Gasteiger charge is -2.54.